The van der Waals surface area contributed by atoms with Crippen LogP contribution in [0.25, 0.3) is 0 Å². The number of nitrogens with zero attached hydrogens (tertiary/aromatic N) is 3. The Morgan fingerprint density at radius 3 is 2.90 bits per heavy atom. The lowest BCUT2D eigenvalue weighted by molar-refractivity contribution is -0.140. The molecule has 106 valence electrons. The second-order valence-electron chi connectivity index (χ2n) is 4.81. The van der Waals surface area contributed by atoms with Gasteiger partial charge in [-0.15, -0.1) is 0 Å². The molecule has 20 heavy (non-hydrogen) atoms. The molecule has 0 radical (unpaired) electrons. The maximum absolute atomic E-state index is 12.2. The fraction of sp³-hybridized carbons (Fsp3) is 0.500. The fourth-order valence-electron chi connectivity index (χ4n) is 2.19. The summed E-state index contributed by atoms with van der Waals surface area (Å²) in [5, 5.41) is 9.60. The van der Waals surface area contributed by atoms with Gasteiger partial charge in [0.1, 0.15) is 11.1 Å². The summed E-state index contributed by atoms with van der Waals surface area (Å²) in [5.74, 6) is 0.358. The molecule has 1 fully saturated rings. The summed E-state index contributed by atoms with van der Waals surface area (Å²) in [7, 11) is 0. The molecule has 5 nitrogen and oxygen atoms in total. The van der Waals surface area contributed by atoms with E-state index in [2.05, 4.69) is 11.1 Å². The van der Waals surface area contributed by atoms with Crippen LogP contribution in [0.5, 0.6) is 0 Å². The van der Waals surface area contributed by atoms with E-state index in [0.717, 1.165) is 0 Å². The van der Waals surface area contributed by atoms with Crippen molar-refractivity contribution in [3.8, 4) is 6.07 Å². The molecule has 1 aliphatic rings. The molecule has 0 bridgehead atoms. The van der Waals surface area contributed by atoms with Crippen LogP contribution in [0.2, 0.25) is 0 Å². The number of hydrogen-bond acceptors (Lipinski definition) is 5. The number of rotatable bonds is 3. The Labute approximate surface area is 122 Å². The van der Waals surface area contributed by atoms with Crippen LogP contribution in [-0.2, 0) is 9.53 Å². The minimum atomic E-state index is 0.0616. The number of hydrogen-bond donors (Lipinski definition) is 0. The molecule has 2 heterocycles. The Morgan fingerprint density at radius 2 is 2.25 bits per heavy atom. The van der Waals surface area contributed by atoms with Crippen LogP contribution in [0.3, 0.4) is 0 Å². The number of thioether (sulfide) groups is 1. The van der Waals surface area contributed by atoms with Crippen molar-refractivity contribution in [3.05, 3.63) is 23.9 Å². The van der Waals surface area contributed by atoms with Crippen LogP contribution < -0.4 is 0 Å². The quantitative estimate of drug-likeness (QED) is 0.793. The Hall–Kier alpha value is -1.58. The van der Waals surface area contributed by atoms with Crippen LogP contribution in [0.1, 0.15) is 19.4 Å². The molecule has 0 aromatic carbocycles. The molecular formula is C14H17N3O2S. The standard InChI is InChI=1S/C14H17N3O2S/c1-10-7-17(8-11(2)19-10)13(18)9-20-14-12(6-15)4-3-5-16-14/h3-5,10-11H,7-9H2,1-2H3/t10-,11-/m1/s1. The van der Waals surface area contributed by atoms with Gasteiger partial charge in [0.2, 0.25) is 5.91 Å². The number of morpholine rings is 1. The van der Waals surface area contributed by atoms with Crippen molar-refractivity contribution in [1.82, 2.24) is 9.88 Å². The second kappa shape index (κ2) is 6.73. The first kappa shape index (κ1) is 14.8. The minimum Gasteiger partial charge on any atom is -0.372 e. The monoisotopic (exact) mass is 291 g/mol. The lowest BCUT2D eigenvalue weighted by Crippen LogP contribution is -2.48. The molecule has 6 heteroatoms. The predicted molar refractivity (Wildman–Crippen MR) is 76.3 cm³/mol. The molecule has 0 unspecified atom stereocenters. The van der Waals surface area contributed by atoms with E-state index in [1.165, 1.54) is 11.8 Å². The molecule has 2 atom stereocenters. The summed E-state index contributed by atoms with van der Waals surface area (Å²) in [6.45, 7) is 5.18. The largest absolute Gasteiger partial charge is 0.372 e. The van der Waals surface area contributed by atoms with E-state index in [9.17, 15) is 4.79 Å². The van der Waals surface area contributed by atoms with Crippen molar-refractivity contribution in [3.63, 3.8) is 0 Å². The van der Waals surface area contributed by atoms with E-state index in [4.69, 9.17) is 10.00 Å². The maximum atomic E-state index is 12.2. The van der Waals surface area contributed by atoms with E-state index in [1.807, 2.05) is 18.7 Å². The molecule has 1 saturated heterocycles. The van der Waals surface area contributed by atoms with Crippen molar-refractivity contribution in [2.24, 2.45) is 0 Å². The number of pyridine rings is 1. The smallest absolute Gasteiger partial charge is 0.233 e. The van der Waals surface area contributed by atoms with Crippen molar-refractivity contribution in [2.75, 3.05) is 18.8 Å². The zero-order chi connectivity index (χ0) is 14.5. The van der Waals surface area contributed by atoms with Gasteiger partial charge in [-0.3, -0.25) is 4.79 Å². The topological polar surface area (TPSA) is 66.2 Å². The van der Waals surface area contributed by atoms with E-state index >= 15 is 0 Å². The lowest BCUT2D eigenvalue weighted by atomic mass is 10.2. The van der Waals surface area contributed by atoms with E-state index in [-0.39, 0.29) is 18.1 Å². The Morgan fingerprint density at radius 1 is 1.55 bits per heavy atom. The first-order valence-electron chi connectivity index (χ1n) is 6.51. The first-order valence-corrected chi connectivity index (χ1v) is 7.50. The van der Waals surface area contributed by atoms with Gasteiger partial charge in [0.25, 0.3) is 0 Å². The van der Waals surface area contributed by atoms with Crippen LogP contribution in [0.4, 0.5) is 0 Å². The molecular weight excluding hydrogens is 274 g/mol. The SMILES string of the molecule is C[C@@H]1CN(C(=O)CSc2ncccc2C#N)C[C@@H](C)O1. The number of ether oxygens (including phenoxy) is 1. The molecule has 1 aromatic heterocycles. The zero-order valence-corrected chi connectivity index (χ0v) is 12.4. The average molecular weight is 291 g/mol. The predicted octanol–water partition coefficient (Wildman–Crippen LogP) is 1.68. The third kappa shape index (κ3) is 3.71. The molecule has 2 rings (SSSR count). The molecule has 1 amide bonds. The molecule has 0 N–H and O–H groups in total. The van der Waals surface area contributed by atoms with Crippen molar-refractivity contribution < 1.29 is 9.53 Å². The summed E-state index contributed by atoms with van der Waals surface area (Å²) in [5.41, 5.74) is 0.508. The normalized spacial score (nSPS) is 22.4. The van der Waals surface area contributed by atoms with Crippen LogP contribution >= 0.6 is 11.8 Å². The van der Waals surface area contributed by atoms with Gasteiger partial charge < -0.3 is 9.64 Å². The van der Waals surface area contributed by atoms with E-state index in [0.29, 0.717) is 29.4 Å². The molecule has 1 aliphatic heterocycles. The summed E-state index contributed by atoms with van der Waals surface area (Å²) in [6.07, 6.45) is 1.77. The fourth-order valence-corrected chi connectivity index (χ4v) is 3.04. The van der Waals surface area contributed by atoms with E-state index in [1.54, 1.807) is 18.3 Å². The van der Waals surface area contributed by atoms with Crippen LogP contribution in [0.15, 0.2) is 23.4 Å². The Kier molecular flexibility index (Phi) is 4.99. The second-order valence-corrected chi connectivity index (χ2v) is 5.78. The highest BCUT2D eigenvalue weighted by Gasteiger charge is 2.25. The Balaban J connectivity index is 1.94. The lowest BCUT2D eigenvalue weighted by Gasteiger charge is -2.35. The highest BCUT2D eigenvalue weighted by molar-refractivity contribution is 7.99. The van der Waals surface area contributed by atoms with Gasteiger partial charge in [-0.2, -0.15) is 5.26 Å². The molecule has 0 saturated carbocycles. The van der Waals surface area contributed by atoms with Gasteiger partial charge in [0, 0.05) is 19.3 Å². The molecule has 1 aromatic rings. The van der Waals surface area contributed by atoms with Crippen LogP contribution in [0, 0.1) is 11.3 Å². The molecule has 0 spiro atoms. The third-order valence-electron chi connectivity index (χ3n) is 3.00. The van der Waals surface area contributed by atoms with Gasteiger partial charge in [-0.25, -0.2) is 4.98 Å². The summed E-state index contributed by atoms with van der Waals surface area (Å²) < 4.78 is 5.61. The highest BCUT2D eigenvalue weighted by Crippen LogP contribution is 2.20. The van der Waals surface area contributed by atoms with Gasteiger partial charge in [-0.05, 0) is 26.0 Å². The average Bonchev–Trinajstić information content (AvgIpc) is 2.44. The van der Waals surface area contributed by atoms with E-state index < -0.39 is 0 Å². The van der Waals surface area contributed by atoms with Crippen molar-refractivity contribution in [1.29, 1.82) is 5.26 Å². The number of amides is 1. The van der Waals surface area contributed by atoms with Crippen molar-refractivity contribution in [2.45, 2.75) is 31.1 Å². The van der Waals surface area contributed by atoms with Gasteiger partial charge in [-0.1, -0.05) is 11.8 Å². The maximum Gasteiger partial charge on any atom is 0.233 e. The van der Waals surface area contributed by atoms with Crippen LogP contribution in [-0.4, -0.2) is 46.8 Å². The number of nitriles is 1. The Bertz CT molecular complexity index is 519. The molecule has 0 aliphatic carbocycles. The van der Waals surface area contributed by atoms with Crippen molar-refractivity contribution >= 4 is 17.7 Å². The third-order valence-corrected chi connectivity index (χ3v) is 3.99. The summed E-state index contributed by atoms with van der Waals surface area (Å²) in [4.78, 5) is 18.2. The van der Waals surface area contributed by atoms with Gasteiger partial charge in [0.15, 0.2) is 0 Å². The minimum absolute atomic E-state index is 0.0616. The summed E-state index contributed by atoms with van der Waals surface area (Å²) >= 11 is 1.31. The number of carbonyl (C=O) groups excluding carboxylic acids is 1. The van der Waals surface area contributed by atoms with Gasteiger partial charge in [0.05, 0.1) is 23.5 Å². The highest BCUT2D eigenvalue weighted by atomic mass is 32.2. The zero-order valence-electron chi connectivity index (χ0n) is 11.6. The summed E-state index contributed by atoms with van der Waals surface area (Å²) in [6, 6.07) is 5.51. The van der Waals surface area contributed by atoms with Gasteiger partial charge >= 0.3 is 0 Å². The first-order chi connectivity index (χ1) is 9.60. The number of aromatic nitrogens is 1. The number of carbonyl (C=O) groups is 1.